The van der Waals surface area contributed by atoms with Crippen molar-refractivity contribution < 1.29 is 43.9 Å². The molecule has 44 heavy (non-hydrogen) atoms. The molecule has 3 N–H and O–H groups in total. The molecule has 0 unspecified atom stereocenters. The number of carbonyl (C=O) groups excluding carboxylic acids is 3. The average Bonchev–Trinajstić information content (AvgIpc) is 3.41. The molecule has 2 fully saturated rings. The number of rotatable bonds is 6. The van der Waals surface area contributed by atoms with Crippen molar-refractivity contribution in [1.29, 1.82) is 0 Å². The van der Waals surface area contributed by atoms with Crippen LogP contribution in [0, 0.1) is 11.8 Å². The Morgan fingerprint density at radius 3 is 2.45 bits per heavy atom. The quantitative estimate of drug-likeness (QED) is 0.175. The van der Waals surface area contributed by atoms with Gasteiger partial charge >= 0.3 is 18.2 Å². The first-order valence-electron chi connectivity index (χ1n) is 15.6. The third-order valence-electron chi connectivity index (χ3n) is 8.45. The zero-order valence-corrected chi connectivity index (χ0v) is 26.8. The third kappa shape index (κ3) is 10.9. The molecule has 0 aromatic rings. The number of β-amino-alcohol motifs (C(OH)–C–C–N with tert-alkyl or cyclic N) is 1. The monoisotopic (exact) mass is 621 g/mol. The van der Waals surface area contributed by atoms with Gasteiger partial charge in [0, 0.05) is 51.1 Å². The van der Waals surface area contributed by atoms with Crippen molar-refractivity contribution in [2.24, 2.45) is 11.8 Å². The van der Waals surface area contributed by atoms with Gasteiger partial charge in [0.1, 0.15) is 11.7 Å². The van der Waals surface area contributed by atoms with E-state index in [-0.39, 0.29) is 44.2 Å². The number of aliphatic hydroxyl groups excluding tert-OH is 2. The molecule has 248 valence electrons. The van der Waals surface area contributed by atoms with E-state index in [1.165, 1.54) is 4.90 Å². The van der Waals surface area contributed by atoms with Crippen molar-refractivity contribution in [2.45, 2.75) is 83.4 Å². The van der Waals surface area contributed by atoms with Crippen molar-refractivity contribution in [3.8, 4) is 0 Å². The van der Waals surface area contributed by atoms with Crippen LogP contribution in [-0.4, -0.2) is 131 Å². The summed E-state index contributed by atoms with van der Waals surface area (Å²) in [6.07, 6.45) is 5.36. The maximum Gasteiger partial charge on any atom is 0.410 e. The van der Waals surface area contributed by atoms with Gasteiger partial charge in [-0.25, -0.2) is 9.59 Å². The number of carbonyl (C=O) groups is 3. The Morgan fingerprint density at radius 1 is 1.09 bits per heavy atom. The van der Waals surface area contributed by atoms with Gasteiger partial charge in [0.15, 0.2) is 6.10 Å². The van der Waals surface area contributed by atoms with Gasteiger partial charge in [-0.05, 0) is 51.8 Å². The number of likely N-dealkylation sites (tertiary alicyclic amines) is 1. The first-order valence-corrected chi connectivity index (χ1v) is 15.6. The van der Waals surface area contributed by atoms with Gasteiger partial charge in [-0.1, -0.05) is 38.2 Å². The number of piperazine rings is 1. The third-order valence-corrected chi connectivity index (χ3v) is 8.45. The lowest BCUT2D eigenvalue weighted by Crippen LogP contribution is -2.50. The fourth-order valence-corrected chi connectivity index (χ4v) is 5.37. The van der Waals surface area contributed by atoms with E-state index in [9.17, 15) is 29.7 Å². The van der Waals surface area contributed by atoms with Crippen LogP contribution in [-0.2, 0) is 19.0 Å². The molecule has 0 spiro atoms. The summed E-state index contributed by atoms with van der Waals surface area (Å²) in [4.78, 5) is 43.2. The molecule has 3 aliphatic heterocycles. The van der Waals surface area contributed by atoms with Crippen LogP contribution in [0.1, 0.15) is 53.4 Å². The second-order valence-electron chi connectivity index (χ2n) is 12.7. The normalized spacial score (nSPS) is 32.9. The topological polar surface area (TPSA) is 149 Å². The van der Waals surface area contributed by atoms with E-state index < -0.39 is 48.2 Å². The Hall–Kier alpha value is -2.93. The lowest BCUT2D eigenvalue weighted by molar-refractivity contribution is -0.151. The molecule has 0 saturated carbocycles. The van der Waals surface area contributed by atoms with E-state index in [1.807, 2.05) is 46.0 Å². The molecule has 0 aliphatic carbocycles. The van der Waals surface area contributed by atoms with Gasteiger partial charge in [0.05, 0.1) is 25.2 Å². The fraction of sp³-hybridized carbons (Fsp3) is 0.719. The smallest absolute Gasteiger partial charge is 0.410 e. The van der Waals surface area contributed by atoms with E-state index in [1.54, 1.807) is 24.0 Å². The van der Waals surface area contributed by atoms with E-state index in [4.69, 9.17) is 14.2 Å². The highest BCUT2D eigenvalue weighted by molar-refractivity contribution is 5.70. The molecule has 0 bridgehead atoms. The Bertz CT molecular complexity index is 1070. The standard InChI is InChI=1S/C32H51N3O9/c1-22(21-42-30(39)35-14-12-26(37)20-35)7-6-8-23(2)29-24(3)9-10-27(43-31(40)34-17-15-33(5)16-18-34)32(4,41)13-11-25(36)19-28(38)44-29/h6-10,22,24-27,29,36-37,41H,11-21H2,1-5H3/b7-6+,10-9+,23-8+/t22-,24+,25-,26-,27+,29-,32-/m1/s1. The van der Waals surface area contributed by atoms with Crippen LogP contribution >= 0.6 is 0 Å². The van der Waals surface area contributed by atoms with Gasteiger partial charge in [-0.2, -0.15) is 0 Å². The van der Waals surface area contributed by atoms with Crippen LogP contribution in [0.5, 0.6) is 0 Å². The van der Waals surface area contributed by atoms with Crippen LogP contribution < -0.4 is 0 Å². The number of hydrogen-bond donors (Lipinski definition) is 3. The number of cyclic esters (lactones) is 1. The fourth-order valence-electron chi connectivity index (χ4n) is 5.37. The summed E-state index contributed by atoms with van der Waals surface area (Å²) in [5.41, 5.74) is -0.730. The molecule has 3 rings (SSSR count). The molecule has 0 aromatic heterocycles. The summed E-state index contributed by atoms with van der Waals surface area (Å²) >= 11 is 0. The van der Waals surface area contributed by atoms with Crippen LogP contribution in [0.4, 0.5) is 9.59 Å². The molecule has 0 radical (unpaired) electrons. The molecule has 3 heterocycles. The minimum absolute atomic E-state index is 0.0835. The largest absolute Gasteiger partial charge is 0.457 e. The summed E-state index contributed by atoms with van der Waals surface area (Å²) < 4.78 is 17.0. The van der Waals surface area contributed by atoms with Gasteiger partial charge in [-0.15, -0.1) is 0 Å². The van der Waals surface area contributed by atoms with Gasteiger partial charge < -0.3 is 44.2 Å². The highest BCUT2D eigenvalue weighted by Gasteiger charge is 2.37. The van der Waals surface area contributed by atoms with E-state index in [2.05, 4.69) is 4.90 Å². The Balaban J connectivity index is 1.70. The SMILES string of the molecule is C/C(=C\C=C\[C@@H](C)COC(=O)N1CC[C@@H](O)C1)[C@H]1OC(=O)C[C@H](O)CC[C@@](C)(O)[C@@H](OC(=O)N2CCN(C)CC2)/C=C/[C@@H]1C. The molecule has 3 aliphatic rings. The highest BCUT2D eigenvalue weighted by atomic mass is 16.6. The number of likely N-dealkylation sites (N-methyl/N-ethyl adjacent to an activating group) is 1. The van der Waals surface area contributed by atoms with Crippen molar-refractivity contribution in [1.82, 2.24) is 14.7 Å². The first-order chi connectivity index (χ1) is 20.7. The first kappa shape index (κ1) is 35.5. The number of hydrogen-bond acceptors (Lipinski definition) is 10. The number of amides is 2. The number of allylic oxidation sites excluding steroid dienone is 2. The van der Waals surface area contributed by atoms with E-state index in [0.29, 0.717) is 26.1 Å². The lowest BCUT2D eigenvalue weighted by atomic mass is 9.89. The van der Waals surface area contributed by atoms with Crippen molar-refractivity contribution in [3.05, 3.63) is 36.0 Å². The zero-order valence-electron chi connectivity index (χ0n) is 26.8. The molecule has 0 aromatic carbocycles. The summed E-state index contributed by atoms with van der Waals surface area (Å²) in [5.74, 6) is -0.986. The molecule has 7 atom stereocenters. The second kappa shape index (κ2) is 16.4. The van der Waals surface area contributed by atoms with E-state index in [0.717, 1.165) is 18.7 Å². The molecule has 12 heteroatoms. The number of esters is 1. The molecule has 2 amide bonds. The molecule has 12 nitrogen and oxygen atoms in total. The summed E-state index contributed by atoms with van der Waals surface area (Å²) in [7, 11) is 1.99. The van der Waals surface area contributed by atoms with Gasteiger partial charge in [0.2, 0.25) is 0 Å². The Morgan fingerprint density at radius 2 is 1.80 bits per heavy atom. The van der Waals surface area contributed by atoms with Crippen LogP contribution in [0.3, 0.4) is 0 Å². The maximum atomic E-state index is 13.0. The van der Waals surface area contributed by atoms with E-state index >= 15 is 0 Å². The summed E-state index contributed by atoms with van der Waals surface area (Å²) in [5, 5.41) is 31.5. The van der Waals surface area contributed by atoms with Crippen molar-refractivity contribution >= 4 is 18.2 Å². The number of nitrogens with zero attached hydrogens (tertiary/aromatic N) is 3. The lowest BCUT2D eigenvalue weighted by Gasteiger charge is -2.36. The molecular formula is C32H51N3O9. The Labute approximate surface area is 260 Å². The summed E-state index contributed by atoms with van der Waals surface area (Å²) in [6.45, 7) is 10.6. The molecule has 2 saturated heterocycles. The maximum absolute atomic E-state index is 13.0. The predicted molar refractivity (Wildman–Crippen MR) is 164 cm³/mol. The van der Waals surface area contributed by atoms with Crippen LogP contribution in [0.25, 0.3) is 0 Å². The molecular weight excluding hydrogens is 570 g/mol. The van der Waals surface area contributed by atoms with Crippen molar-refractivity contribution in [2.75, 3.05) is 52.9 Å². The summed E-state index contributed by atoms with van der Waals surface area (Å²) in [6, 6.07) is 0. The highest BCUT2D eigenvalue weighted by Crippen LogP contribution is 2.27. The second-order valence-corrected chi connectivity index (χ2v) is 12.7. The van der Waals surface area contributed by atoms with Gasteiger partial charge in [0.25, 0.3) is 0 Å². The van der Waals surface area contributed by atoms with Gasteiger partial charge in [-0.3, -0.25) is 4.79 Å². The minimum atomic E-state index is -1.47. The predicted octanol–water partition coefficient (Wildman–Crippen LogP) is 2.48. The minimum Gasteiger partial charge on any atom is -0.457 e. The Kier molecular flexibility index (Phi) is 13.2. The van der Waals surface area contributed by atoms with Crippen LogP contribution in [0.15, 0.2) is 36.0 Å². The average molecular weight is 622 g/mol. The zero-order chi connectivity index (χ0) is 32.4. The number of aliphatic hydroxyl groups is 3. The van der Waals surface area contributed by atoms with Crippen molar-refractivity contribution in [3.63, 3.8) is 0 Å². The van der Waals surface area contributed by atoms with Crippen LogP contribution in [0.2, 0.25) is 0 Å². The number of ether oxygens (including phenoxy) is 3.